The molecule has 23 heavy (non-hydrogen) atoms. The van der Waals surface area contributed by atoms with Crippen LogP contribution in [0.2, 0.25) is 0 Å². The topological polar surface area (TPSA) is 65.0 Å². The quantitative estimate of drug-likeness (QED) is 0.780. The van der Waals surface area contributed by atoms with E-state index in [0.717, 1.165) is 54.9 Å². The van der Waals surface area contributed by atoms with Gasteiger partial charge in [-0.25, -0.2) is 4.98 Å². The lowest BCUT2D eigenvalue weighted by Crippen LogP contribution is -2.42. The van der Waals surface area contributed by atoms with Crippen LogP contribution in [0.1, 0.15) is 24.2 Å². The number of hydrogen-bond donors (Lipinski definition) is 2. The maximum atomic E-state index is 10.9. The smallest absolute Gasteiger partial charge is 0.121 e. The summed E-state index contributed by atoms with van der Waals surface area (Å²) >= 11 is 0. The number of benzene rings is 1. The van der Waals surface area contributed by atoms with E-state index in [1.54, 1.807) is 12.4 Å². The van der Waals surface area contributed by atoms with Crippen LogP contribution in [0.4, 0.5) is 0 Å². The first-order chi connectivity index (χ1) is 11.2. The minimum Gasteiger partial charge on any atom is -0.385 e. The third-order valence-corrected chi connectivity index (χ3v) is 4.69. The summed E-state index contributed by atoms with van der Waals surface area (Å²) in [4.78, 5) is 14.5. The van der Waals surface area contributed by atoms with Crippen LogP contribution in [-0.4, -0.2) is 38.0 Å². The van der Waals surface area contributed by atoms with Crippen molar-refractivity contribution in [2.45, 2.75) is 25.0 Å². The molecule has 0 spiro atoms. The number of para-hydroxylation sites is 2. The number of fused-ring (bicyclic) bond motifs is 1. The summed E-state index contributed by atoms with van der Waals surface area (Å²) in [6.07, 6.45) is 4.95. The van der Waals surface area contributed by atoms with E-state index in [4.69, 9.17) is 0 Å². The highest BCUT2D eigenvalue weighted by Gasteiger charge is 2.34. The molecule has 118 valence electrons. The van der Waals surface area contributed by atoms with E-state index >= 15 is 0 Å². The SMILES string of the molecule is OC1(c2cccnc2)CCN(Cc2nc3ccccc3[nH]2)CC1. The van der Waals surface area contributed by atoms with Gasteiger partial charge >= 0.3 is 0 Å². The second-order valence-corrected chi connectivity index (χ2v) is 6.25. The number of pyridine rings is 1. The Balaban J connectivity index is 1.43. The second kappa shape index (κ2) is 5.76. The molecule has 5 heteroatoms. The second-order valence-electron chi connectivity index (χ2n) is 6.25. The van der Waals surface area contributed by atoms with Crippen LogP contribution in [0.15, 0.2) is 48.8 Å². The van der Waals surface area contributed by atoms with E-state index in [1.807, 2.05) is 36.4 Å². The van der Waals surface area contributed by atoms with Crippen LogP contribution in [0.5, 0.6) is 0 Å². The molecular formula is C18H20N4O. The first-order valence-corrected chi connectivity index (χ1v) is 8.02. The predicted octanol–water partition coefficient (Wildman–Crippen LogP) is 2.44. The molecule has 0 saturated carbocycles. The van der Waals surface area contributed by atoms with Crippen molar-refractivity contribution in [3.8, 4) is 0 Å². The summed E-state index contributed by atoms with van der Waals surface area (Å²) in [6.45, 7) is 2.49. The molecule has 0 aliphatic carbocycles. The van der Waals surface area contributed by atoms with Crippen LogP contribution in [0.25, 0.3) is 11.0 Å². The Kier molecular flexibility index (Phi) is 3.59. The lowest BCUT2D eigenvalue weighted by molar-refractivity contribution is -0.0284. The molecule has 2 N–H and O–H groups in total. The Morgan fingerprint density at radius 2 is 1.96 bits per heavy atom. The number of nitrogens with one attached hydrogen (secondary N) is 1. The van der Waals surface area contributed by atoms with Gasteiger partial charge < -0.3 is 10.1 Å². The van der Waals surface area contributed by atoms with Gasteiger partial charge in [-0.05, 0) is 31.0 Å². The first kappa shape index (κ1) is 14.4. The number of aromatic amines is 1. The van der Waals surface area contributed by atoms with Gasteiger partial charge in [0.25, 0.3) is 0 Å². The van der Waals surface area contributed by atoms with E-state index in [1.165, 1.54) is 0 Å². The summed E-state index contributed by atoms with van der Waals surface area (Å²) in [5.41, 5.74) is 2.25. The van der Waals surface area contributed by atoms with Gasteiger partial charge in [-0.2, -0.15) is 0 Å². The lowest BCUT2D eigenvalue weighted by atomic mass is 9.85. The van der Waals surface area contributed by atoms with Crippen molar-refractivity contribution in [2.24, 2.45) is 0 Å². The van der Waals surface area contributed by atoms with Gasteiger partial charge in [0.2, 0.25) is 0 Å². The third kappa shape index (κ3) is 2.85. The molecule has 1 fully saturated rings. The number of H-pyrrole nitrogens is 1. The summed E-state index contributed by atoms with van der Waals surface area (Å²) in [7, 11) is 0. The van der Waals surface area contributed by atoms with Crippen LogP contribution in [0, 0.1) is 0 Å². The van der Waals surface area contributed by atoms with Crippen LogP contribution in [-0.2, 0) is 12.1 Å². The fourth-order valence-electron chi connectivity index (χ4n) is 3.30. The molecule has 0 amide bonds. The zero-order valence-corrected chi connectivity index (χ0v) is 12.9. The molecule has 1 saturated heterocycles. The molecule has 3 aromatic rings. The molecule has 1 aliphatic rings. The number of aromatic nitrogens is 3. The molecule has 5 nitrogen and oxygen atoms in total. The van der Waals surface area contributed by atoms with Crippen molar-refractivity contribution in [1.82, 2.24) is 19.9 Å². The lowest BCUT2D eigenvalue weighted by Gasteiger charge is -2.38. The summed E-state index contributed by atoms with van der Waals surface area (Å²) in [5, 5.41) is 10.9. The molecule has 0 atom stereocenters. The van der Waals surface area contributed by atoms with Crippen LogP contribution in [0.3, 0.4) is 0 Å². The van der Waals surface area contributed by atoms with Gasteiger partial charge in [0, 0.05) is 31.0 Å². The Morgan fingerprint density at radius 3 is 2.70 bits per heavy atom. The summed E-state index contributed by atoms with van der Waals surface area (Å²) in [5.74, 6) is 0.984. The Hall–Kier alpha value is -2.24. The standard InChI is InChI=1S/C18H20N4O/c23-18(14-4-3-9-19-12-14)7-10-22(11-8-18)13-17-20-15-5-1-2-6-16(15)21-17/h1-6,9,12,23H,7-8,10-11,13H2,(H,20,21). The van der Waals surface area contributed by atoms with E-state index in [9.17, 15) is 5.11 Å². The molecule has 1 aliphatic heterocycles. The number of hydrogen-bond acceptors (Lipinski definition) is 4. The van der Waals surface area contributed by atoms with E-state index in [-0.39, 0.29) is 0 Å². The number of likely N-dealkylation sites (tertiary alicyclic amines) is 1. The van der Waals surface area contributed by atoms with Crippen molar-refractivity contribution in [3.63, 3.8) is 0 Å². The summed E-state index contributed by atoms with van der Waals surface area (Å²) in [6, 6.07) is 11.9. The van der Waals surface area contributed by atoms with Crippen molar-refractivity contribution in [1.29, 1.82) is 0 Å². The Labute approximate surface area is 135 Å². The van der Waals surface area contributed by atoms with Gasteiger partial charge in [0.1, 0.15) is 5.82 Å². The Bertz CT molecular complexity index is 758. The fraction of sp³-hybridized carbons (Fsp3) is 0.333. The largest absolute Gasteiger partial charge is 0.385 e. The Morgan fingerprint density at radius 1 is 1.13 bits per heavy atom. The van der Waals surface area contributed by atoms with E-state index in [0.29, 0.717) is 0 Å². The van der Waals surface area contributed by atoms with Gasteiger partial charge in [-0.15, -0.1) is 0 Å². The van der Waals surface area contributed by atoms with Gasteiger partial charge in [-0.1, -0.05) is 18.2 Å². The maximum Gasteiger partial charge on any atom is 0.121 e. The van der Waals surface area contributed by atoms with Crippen molar-refractivity contribution in [3.05, 3.63) is 60.2 Å². The minimum absolute atomic E-state index is 0.721. The predicted molar refractivity (Wildman–Crippen MR) is 88.7 cm³/mol. The molecule has 2 aromatic heterocycles. The minimum atomic E-state index is -0.751. The van der Waals surface area contributed by atoms with Crippen molar-refractivity contribution in [2.75, 3.05) is 13.1 Å². The number of piperidine rings is 1. The molecule has 4 rings (SSSR count). The molecule has 0 radical (unpaired) electrons. The van der Waals surface area contributed by atoms with Crippen LogP contribution >= 0.6 is 0 Å². The third-order valence-electron chi connectivity index (χ3n) is 4.69. The van der Waals surface area contributed by atoms with E-state index in [2.05, 4.69) is 19.9 Å². The van der Waals surface area contributed by atoms with Crippen LogP contribution < -0.4 is 0 Å². The van der Waals surface area contributed by atoms with E-state index < -0.39 is 5.60 Å². The average Bonchev–Trinajstić information content (AvgIpc) is 3.00. The van der Waals surface area contributed by atoms with Gasteiger partial charge in [-0.3, -0.25) is 9.88 Å². The summed E-state index contributed by atoms with van der Waals surface area (Å²) < 4.78 is 0. The zero-order valence-electron chi connectivity index (χ0n) is 12.9. The normalized spacial score (nSPS) is 18.3. The highest BCUT2D eigenvalue weighted by Crippen LogP contribution is 2.32. The number of imidazole rings is 1. The zero-order chi connectivity index (χ0) is 15.7. The van der Waals surface area contributed by atoms with Crippen molar-refractivity contribution >= 4 is 11.0 Å². The highest BCUT2D eigenvalue weighted by molar-refractivity contribution is 5.74. The maximum absolute atomic E-state index is 10.9. The van der Waals surface area contributed by atoms with Gasteiger partial charge in [0.05, 0.1) is 23.2 Å². The van der Waals surface area contributed by atoms with Gasteiger partial charge in [0.15, 0.2) is 0 Å². The molecule has 1 aromatic carbocycles. The first-order valence-electron chi connectivity index (χ1n) is 8.02. The number of nitrogens with zero attached hydrogens (tertiary/aromatic N) is 3. The monoisotopic (exact) mass is 308 g/mol. The fourth-order valence-corrected chi connectivity index (χ4v) is 3.30. The molecular weight excluding hydrogens is 288 g/mol. The number of aliphatic hydroxyl groups is 1. The number of rotatable bonds is 3. The highest BCUT2D eigenvalue weighted by atomic mass is 16.3. The molecule has 3 heterocycles. The molecule has 0 bridgehead atoms. The van der Waals surface area contributed by atoms with Crippen molar-refractivity contribution < 1.29 is 5.11 Å². The molecule has 0 unspecified atom stereocenters. The average molecular weight is 308 g/mol.